The molecule has 14 heavy (non-hydrogen) atoms. The summed E-state index contributed by atoms with van der Waals surface area (Å²) in [5.74, 6) is -1.07. The van der Waals surface area contributed by atoms with Gasteiger partial charge in [0.15, 0.2) is 0 Å². The van der Waals surface area contributed by atoms with Crippen LogP contribution in [0.2, 0.25) is 0 Å². The Morgan fingerprint density at radius 3 is 3.07 bits per heavy atom. The van der Waals surface area contributed by atoms with Crippen molar-refractivity contribution in [1.82, 2.24) is 9.38 Å². The van der Waals surface area contributed by atoms with E-state index in [9.17, 15) is 4.79 Å². The lowest BCUT2D eigenvalue weighted by Crippen LogP contribution is -2.21. The Labute approximate surface area is 79.8 Å². The van der Waals surface area contributed by atoms with Crippen LogP contribution in [0.25, 0.3) is 5.52 Å². The highest BCUT2D eigenvalue weighted by Gasteiger charge is 2.19. The standard InChI is InChI=1S/C9H9N3O2/c10-7(9(13)14)8-6-3-1-2-4-12(6)5-11-8/h1-5,7H,10H2,(H,13,14). The fourth-order valence-electron chi connectivity index (χ4n) is 1.32. The van der Waals surface area contributed by atoms with Gasteiger partial charge in [-0.3, -0.25) is 4.79 Å². The molecule has 3 N–H and O–H groups in total. The number of hydrogen-bond donors (Lipinski definition) is 2. The minimum absolute atomic E-state index is 0.387. The van der Waals surface area contributed by atoms with Crippen LogP contribution in [0, 0.1) is 0 Å². The lowest BCUT2D eigenvalue weighted by molar-refractivity contribution is -0.138. The number of pyridine rings is 1. The molecule has 0 aliphatic rings. The van der Waals surface area contributed by atoms with E-state index in [0.29, 0.717) is 5.69 Å². The molecule has 1 atom stereocenters. The van der Waals surface area contributed by atoms with Gasteiger partial charge in [-0.25, -0.2) is 4.98 Å². The number of imidazole rings is 1. The maximum absolute atomic E-state index is 10.7. The van der Waals surface area contributed by atoms with Crippen LogP contribution < -0.4 is 5.73 Å². The number of carbonyl (C=O) groups is 1. The highest BCUT2D eigenvalue weighted by atomic mass is 16.4. The molecule has 0 saturated carbocycles. The van der Waals surface area contributed by atoms with E-state index >= 15 is 0 Å². The molecule has 2 aromatic rings. The Hall–Kier alpha value is -1.88. The monoisotopic (exact) mass is 191 g/mol. The number of nitrogens with two attached hydrogens (primary N) is 1. The third-order valence-corrected chi connectivity index (χ3v) is 2.03. The minimum Gasteiger partial charge on any atom is -0.480 e. The van der Waals surface area contributed by atoms with E-state index in [2.05, 4.69) is 4.98 Å². The van der Waals surface area contributed by atoms with Crippen LogP contribution in [0.4, 0.5) is 0 Å². The topological polar surface area (TPSA) is 80.6 Å². The first-order valence-corrected chi connectivity index (χ1v) is 4.10. The van der Waals surface area contributed by atoms with Gasteiger partial charge in [0.05, 0.1) is 17.5 Å². The normalized spacial score (nSPS) is 12.9. The molecule has 0 aliphatic carbocycles. The van der Waals surface area contributed by atoms with E-state index in [1.165, 1.54) is 0 Å². The van der Waals surface area contributed by atoms with Crippen LogP contribution in [0.3, 0.4) is 0 Å². The zero-order valence-electron chi connectivity index (χ0n) is 7.29. The molecule has 1 unspecified atom stereocenters. The molecule has 0 spiro atoms. The van der Waals surface area contributed by atoms with E-state index < -0.39 is 12.0 Å². The Balaban J connectivity index is 2.58. The summed E-state index contributed by atoms with van der Waals surface area (Å²) in [4.78, 5) is 14.6. The van der Waals surface area contributed by atoms with Crippen molar-refractivity contribution in [2.45, 2.75) is 6.04 Å². The molecule has 0 fully saturated rings. The zero-order valence-corrected chi connectivity index (χ0v) is 7.29. The van der Waals surface area contributed by atoms with Crippen molar-refractivity contribution >= 4 is 11.5 Å². The fourth-order valence-corrected chi connectivity index (χ4v) is 1.32. The molecule has 0 aliphatic heterocycles. The number of carboxylic acid groups (broad SMARTS) is 1. The molecule has 0 radical (unpaired) electrons. The highest BCUT2D eigenvalue weighted by molar-refractivity contribution is 5.77. The molecule has 5 nitrogen and oxygen atoms in total. The molecule has 2 rings (SSSR count). The first-order valence-electron chi connectivity index (χ1n) is 4.10. The van der Waals surface area contributed by atoms with Crippen molar-refractivity contribution in [3.05, 3.63) is 36.4 Å². The Morgan fingerprint density at radius 2 is 2.36 bits per heavy atom. The third kappa shape index (κ3) is 1.23. The SMILES string of the molecule is NC(C(=O)O)c1ncn2ccccc12. The van der Waals surface area contributed by atoms with Gasteiger partial charge in [0, 0.05) is 6.20 Å². The quantitative estimate of drug-likeness (QED) is 0.720. The molecule has 2 aromatic heterocycles. The molecule has 2 heterocycles. The molecular weight excluding hydrogens is 182 g/mol. The van der Waals surface area contributed by atoms with Crippen molar-refractivity contribution in [2.24, 2.45) is 5.73 Å². The summed E-state index contributed by atoms with van der Waals surface area (Å²) in [6, 6.07) is 4.37. The maximum atomic E-state index is 10.7. The van der Waals surface area contributed by atoms with Crippen LogP contribution in [0.1, 0.15) is 11.7 Å². The van der Waals surface area contributed by atoms with E-state index in [-0.39, 0.29) is 0 Å². The second-order valence-corrected chi connectivity index (χ2v) is 2.94. The van der Waals surface area contributed by atoms with Gasteiger partial charge in [-0.2, -0.15) is 0 Å². The van der Waals surface area contributed by atoms with Gasteiger partial charge in [-0.05, 0) is 12.1 Å². The number of hydrogen-bond acceptors (Lipinski definition) is 3. The highest BCUT2D eigenvalue weighted by Crippen LogP contribution is 2.15. The molecule has 72 valence electrons. The largest absolute Gasteiger partial charge is 0.480 e. The van der Waals surface area contributed by atoms with E-state index in [1.54, 1.807) is 23.0 Å². The number of aliphatic carboxylic acids is 1. The van der Waals surface area contributed by atoms with Gasteiger partial charge in [0.25, 0.3) is 0 Å². The molecule has 0 saturated heterocycles. The van der Waals surface area contributed by atoms with Crippen LogP contribution in [0.5, 0.6) is 0 Å². The second kappa shape index (κ2) is 3.12. The summed E-state index contributed by atoms with van der Waals surface area (Å²) in [7, 11) is 0. The molecule has 5 heteroatoms. The summed E-state index contributed by atoms with van der Waals surface area (Å²) in [6.07, 6.45) is 3.34. The lowest BCUT2D eigenvalue weighted by Gasteiger charge is -2.02. The number of rotatable bonds is 2. The summed E-state index contributed by atoms with van der Waals surface area (Å²) < 4.78 is 1.73. The third-order valence-electron chi connectivity index (χ3n) is 2.03. The smallest absolute Gasteiger partial charge is 0.326 e. The molecular formula is C9H9N3O2. The van der Waals surface area contributed by atoms with Crippen LogP contribution in [0.15, 0.2) is 30.7 Å². The van der Waals surface area contributed by atoms with Gasteiger partial charge < -0.3 is 15.2 Å². The van der Waals surface area contributed by atoms with Gasteiger partial charge in [0.2, 0.25) is 0 Å². The average molecular weight is 191 g/mol. The van der Waals surface area contributed by atoms with E-state index in [0.717, 1.165) is 5.52 Å². The Bertz CT molecular complexity index is 478. The number of aromatic nitrogens is 2. The van der Waals surface area contributed by atoms with Gasteiger partial charge in [0.1, 0.15) is 6.04 Å². The first-order chi connectivity index (χ1) is 6.70. The predicted molar refractivity (Wildman–Crippen MR) is 49.8 cm³/mol. The summed E-state index contributed by atoms with van der Waals surface area (Å²) in [6.45, 7) is 0. The molecule has 0 amide bonds. The van der Waals surface area contributed by atoms with Crippen molar-refractivity contribution in [3.8, 4) is 0 Å². The fraction of sp³-hybridized carbons (Fsp3) is 0.111. The van der Waals surface area contributed by atoms with Gasteiger partial charge >= 0.3 is 5.97 Å². The van der Waals surface area contributed by atoms with Crippen LogP contribution >= 0.6 is 0 Å². The van der Waals surface area contributed by atoms with Crippen LogP contribution in [-0.4, -0.2) is 20.5 Å². The average Bonchev–Trinajstić information content (AvgIpc) is 2.60. The number of fused-ring (bicyclic) bond motifs is 1. The number of nitrogens with zero attached hydrogens (tertiary/aromatic N) is 2. The minimum atomic E-state index is -1.07. The predicted octanol–water partition coefficient (Wildman–Crippen LogP) is 0.419. The van der Waals surface area contributed by atoms with Crippen molar-refractivity contribution in [2.75, 3.05) is 0 Å². The number of carboxylic acids is 1. The Morgan fingerprint density at radius 1 is 1.57 bits per heavy atom. The summed E-state index contributed by atoms with van der Waals surface area (Å²) in [5, 5.41) is 8.74. The zero-order chi connectivity index (χ0) is 10.1. The molecule has 0 aromatic carbocycles. The van der Waals surface area contributed by atoms with Crippen molar-refractivity contribution < 1.29 is 9.90 Å². The Kier molecular flexibility index (Phi) is 1.94. The van der Waals surface area contributed by atoms with E-state index in [4.69, 9.17) is 10.8 Å². The summed E-state index contributed by atoms with van der Waals surface area (Å²) in [5.41, 5.74) is 6.58. The summed E-state index contributed by atoms with van der Waals surface area (Å²) >= 11 is 0. The second-order valence-electron chi connectivity index (χ2n) is 2.94. The van der Waals surface area contributed by atoms with Gasteiger partial charge in [-0.15, -0.1) is 0 Å². The van der Waals surface area contributed by atoms with Crippen molar-refractivity contribution in [3.63, 3.8) is 0 Å². The van der Waals surface area contributed by atoms with E-state index in [1.807, 2.05) is 12.1 Å². The lowest BCUT2D eigenvalue weighted by atomic mass is 10.2. The van der Waals surface area contributed by atoms with Crippen LogP contribution in [-0.2, 0) is 4.79 Å². The van der Waals surface area contributed by atoms with Crippen molar-refractivity contribution in [1.29, 1.82) is 0 Å². The van der Waals surface area contributed by atoms with Gasteiger partial charge in [-0.1, -0.05) is 6.07 Å². The first kappa shape index (κ1) is 8.71. The maximum Gasteiger partial charge on any atom is 0.326 e. The molecule has 0 bridgehead atoms.